The normalized spacial score (nSPS) is 13.0. The maximum atomic E-state index is 12.8. The van der Waals surface area contributed by atoms with Gasteiger partial charge in [0.15, 0.2) is 5.69 Å². The number of aryl methyl sites for hydroxylation is 1. The summed E-state index contributed by atoms with van der Waals surface area (Å²) in [6.07, 6.45) is -2.99. The van der Waals surface area contributed by atoms with E-state index in [2.05, 4.69) is 25.5 Å². The first-order chi connectivity index (χ1) is 13.6. The van der Waals surface area contributed by atoms with Crippen LogP contribution in [0.3, 0.4) is 0 Å². The van der Waals surface area contributed by atoms with Crippen molar-refractivity contribution in [2.45, 2.75) is 38.9 Å². The highest BCUT2D eigenvalue weighted by molar-refractivity contribution is 5.92. The van der Waals surface area contributed by atoms with Crippen LogP contribution < -0.4 is 5.32 Å². The summed E-state index contributed by atoms with van der Waals surface area (Å²) in [6.45, 7) is 5.60. The molecule has 0 saturated heterocycles. The molecule has 0 aliphatic rings. The number of nitrogens with zero attached hydrogens (tertiary/aromatic N) is 5. The van der Waals surface area contributed by atoms with E-state index >= 15 is 0 Å². The first kappa shape index (κ1) is 20.5. The van der Waals surface area contributed by atoms with Gasteiger partial charge in [-0.15, -0.1) is 0 Å². The van der Waals surface area contributed by atoms with Crippen molar-refractivity contribution in [3.63, 3.8) is 0 Å². The number of alkyl halides is 3. The standard InChI is InChI=1S/C18H19F3N6O2/c1-9(2)12-7-11(5-6-22-12)15-24-17(29-26-15)10(3)23-16(28)13-8-14(18(19,20)21)25-27(13)4/h5-10H,1-4H3,(H,23,28). The Morgan fingerprint density at radius 2 is 1.97 bits per heavy atom. The fourth-order valence-electron chi connectivity index (χ4n) is 2.58. The minimum absolute atomic E-state index is 0.120. The van der Waals surface area contributed by atoms with Gasteiger partial charge in [-0.1, -0.05) is 19.0 Å². The Kier molecular flexibility index (Phi) is 5.40. The van der Waals surface area contributed by atoms with Gasteiger partial charge >= 0.3 is 6.18 Å². The van der Waals surface area contributed by atoms with Crippen LogP contribution in [0.4, 0.5) is 13.2 Å². The van der Waals surface area contributed by atoms with Crippen molar-refractivity contribution in [2.24, 2.45) is 7.05 Å². The lowest BCUT2D eigenvalue weighted by Gasteiger charge is -2.09. The fourth-order valence-corrected chi connectivity index (χ4v) is 2.58. The molecule has 3 rings (SSSR count). The van der Waals surface area contributed by atoms with Crippen LogP contribution in [0.5, 0.6) is 0 Å². The highest BCUT2D eigenvalue weighted by Crippen LogP contribution is 2.28. The maximum absolute atomic E-state index is 12.8. The molecule has 8 nitrogen and oxygen atoms in total. The molecule has 0 fully saturated rings. The van der Waals surface area contributed by atoms with Gasteiger partial charge in [-0.3, -0.25) is 14.5 Å². The lowest BCUT2D eigenvalue weighted by atomic mass is 10.1. The smallest absolute Gasteiger partial charge is 0.339 e. The second-order valence-corrected chi connectivity index (χ2v) is 6.81. The Labute approximate surface area is 164 Å². The zero-order valence-corrected chi connectivity index (χ0v) is 16.2. The minimum Gasteiger partial charge on any atom is -0.339 e. The number of rotatable bonds is 5. The predicted molar refractivity (Wildman–Crippen MR) is 95.7 cm³/mol. The van der Waals surface area contributed by atoms with Crippen LogP contribution in [0.1, 0.15) is 60.5 Å². The van der Waals surface area contributed by atoms with Crippen LogP contribution in [0.2, 0.25) is 0 Å². The van der Waals surface area contributed by atoms with Gasteiger partial charge < -0.3 is 9.84 Å². The van der Waals surface area contributed by atoms with Crippen LogP contribution in [-0.2, 0) is 13.2 Å². The Hall–Kier alpha value is -3.24. The first-order valence-corrected chi connectivity index (χ1v) is 8.78. The first-order valence-electron chi connectivity index (χ1n) is 8.78. The maximum Gasteiger partial charge on any atom is 0.435 e. The van der Waals surface area contributed by atoms with Gasteiger partial charge in [-0.2, -0.15) is 23.3 Å². The van der Waals surface area contributed by atoms with E-state index < -0.39 is 23.8 Å². The van der Waals surface area contributed by atoms with Crippen molar-refractivity contribution in [2.75, 3.05) is 0 Å². The molecule has 0 spiro atoms. The lowest BCUT2D eigenvalue weighted by Crippen LogP contribution is -2.28. The summed E-state index contributed by atoms with van der Waals surface area (Å²) in [6, 6.07) is 3.54. The predicted octanol–water partition coefficient (Wildman–Crippen LogP) is 3.50. The van der Waals surface area contributed by atoms with Gasteiger partial charge in [0.2, 0.25) is 11.7 Å². The summed E-state index contributed by atoms with van der Waals surface area (Å²) in [7, 11) is 1.26. The summed E-state index contributed by atoms with van der Waals surface area (Å²) < 4.78 is 44.4. The average Bonchev–Trinajstić information content (AvgIpc) is 3.28. The van der Waals surface area contributed by atoms with Crippen molar-refractivity contribution in [3.8, 4) is 11.4 Å². The van der Waals surface area contributed by atoms with Crippen LogP contribution in [0.15, 0.2) is 28.9 Å². The zero-order valence-electron chi connectivity index (χ0n) is 16.2. The van der Waals surface area contributed by atoms with E-state index in [1.54, 1.807) is 19.2 Å². The Morgan fingerprint density at radius 1 is 1.24 bits per heavy atom. The van der Waals surface area contributed by atoms with Crippen LogP contribution in [0.25, 0.3) is 11.4 Å². The van der Waals surface area contributed by atoms with Crippen LogP contribution >= 0.6 is 0 Å². The molecule has 0 aromatic carbocycles. The molecule has 1 atom stereocenters. The summed E-state index contributed by atoms with van der Waals surface area (Å²) in [5, 5.41) is 9.77. The number of aromatic nitrogens is 5. The molecule has 11 heteroatoms. The Bertz CT molecular complexity index is 1020. The summed E-state index contributed by atoms with van der Waals surface area (Å²) in [4.78, 5) is 20.9. The van der Waals surface area contributed by atoms with Gasteiger partial charge in [-0.25, -0.2) is 0 Å². The highest BCUT2D eigenvalue weighted by Gasteiger charge is 2.35. The number of hydrogen-bond donors (Lipinski definition) is 1. The molecule has 1 amide bonds. The number of halogens is 3. The number of amides is 1. The molecular weight excluding hydrogens is 389 g/mol. The van der Waals surface area contributed by atoms with Crippen molar-refractivity contribution in [1.29, 1.82) is 0 Å². The van der Waals surface area contributed by atoms with Crippen LogP contribution in [-0.4, -0.2) is 30.8 Å². The van der Waals surface area contributed by atoms with E-state index in [1.807, 2.05) is 19.9 Å². The molecule has 3 heterocycles. The van der Waals surface area contributed by atoms with E-state index in [4.69, 9.17) is 4.52 Å². The molecule has 29 heavy (non-hydrogen) atoms. The average molecular weight is 408 g/mol. The van der Waals surface area contributed by atoms with Crippen molar-refractivity contribution >= 4 is 5.91 Å². The van der Waals surface area contributed by atoms with Crippen LogP contribution in [0, 0.1) is 0 Å². The number of nitrogens with one attached hydrogen (secondary N) is 1. The number of hydrogen-bond acceptors (Lipinski definition) is 6. The number of carbonyl (C=O) groups is 1. The Balaban J connectivity index is 1.75. The molecule has 0 aliphatic carbocycles. The van der Waals surface area contributed by atoms with Gasteiger partial charge in [-0.05, 0) is 25.0 Å². The quantitative estimate of drug-likeness (QED) is 0.694. The van der Waals surface area contributed by atoms with Gasteiger partial charge in [0, 0.05) is 30.6 Å². The molecule has 1 N–H and O–H groups in total. The molecule has 0 radical (unpaired) electrons. The molecule has 1 unspecified atom stereocenters. The van der Waals surface area contributed by atoms with Crippen molar-refractivity contribution in [1.82, 2.24) is 30.2 Å². The Morgan fingerprint density at radius 3 is 2.59 bits per heavy atom. The third-order valence-corrected chi connectivity index (χ3v) is 4.19. The van der Waals surface area contributed by atoms with E-state index in [-0.39, 0.29) is 17.5 Å². The molecule has 0 bridgehead atoms. The highest BCUT2D eigenvalue weighted by atomic mass is 19.4. The number of pyridine rings is 1. The van der Waals surface area contributed by atoms with E-state index in [9.17, 15) is 18.0 Å². The van der Waals surface area contributed by atoms with E-state index in [0.717, 1.165) is 10.4 Å². The summed E-state index contributed by atoms with van der Waals surface area (Å²) >= 11 is 0. The van der Waals surface area contributed by atoms with Crippen molar-refractivity contribution < 1.29 is 22.5 Å². The minimum atomic E-state index is -4.64. The molecule has 0 saturated carbocycles. The molecular formula is C18H19F3N6O2. The second kappa shape index (κ2) is 7.64. The summed E-state index contributed by atoms with van der Waals surface area (Å²) in [5.41, 5.74) is 0.196. The second-order valence-electron chi connectivity index (χ2n) is 6.81. The largest absolute Gasteiger partial charge is 0.435 e. The van der Waals surface area contributed by atoms with Gasteiger partial charge in [0.1, 0.15) is 11.7 Å². The zero-order chi connectivity index (χ0) is 21.3. The molecule has 3 aromatic rings. The molecule has 154 valence electrons. The third kappa shape index (κ3) is 4.44. The third-order valence-electron chi connectivity index (χ3n) is 4.19. The lowest BCUT2D eigenvalue weighted by molar-refractivity contribution is -0.141. The monoisotopic (exact) mass is 408 g/mol. The van der Waals surface area contributed by atoms with E-state index in [1.165, 1.54) is 7.05 Å². The van der Waals surface area contributed by atoms with E-state index in [0.29, 0.717) is 17.5 Å². The van der Waals surface area contributed by atoms with Gasteiger partial charge in [0.25, 0.3) is 5.91 Å². The fraction of sp³-hybridized carbons (Fsp3) is 0.389. The SMILES string of the molecule is CC(C)c1cc(-c2noc(C(C)NC(=O)c3cc(C(F)(F)F)nn3C)n2)ccn1. The van der Waals surface area contributed by atoms with Gasteiger partial charge in [0.05, 0.1) is 0 Å². The molecule has 3 aromatic heterocycles. The van der Waals surface area contributed by atoms with Crippen molar-refractivity contribution in [3.05, 3.63) is 47.4 Å². The molecule has 0 aliphatic heterocycles. The topological polar surface area (TPSA) is 98.7 Å². The number of carbonyl (C=O) groups excluding carboxylic acids is 1. The summed E-state index contributed by atoms with van der Waals surface area (Å²) in [5.74, 6) is -0.0754.